The smallest absolute Gasteiger partial charge is 0.266 e. The summed E-state index contributed by atoms with van der Waals surface area (Å²) >= 11 is 3.41. The number of carbonyl (C=O) groups excluding carboxylic acids is 1. The first-order valence-corrected chi connectivity index (χ1v) is 9.58. The zero-order valence-corrected chi connectivity index (χ0v) is 17.0. The van der Waals surface area contributed by atoms with Crippen LogP contribution in [-0.4, -0.2) is 22.8 Å². The highest BCUT2D eigenvalue weighted by Crippen LogP contribution is 2.21. The van der Waals surface area contributed by atoms with Crippen LogP contribution in [0.1, 0.15) is 12.0 Å². The Morgan fingerprint density at radius 1 is 1.14 bits per heavy atom. The number of amides is 1. The van der Waals surface area contributed by atoms with Gasteiger partial charge in [-0.1, -0.05) is 40.2 Å². The highest BCUT2D eigenvalue weighted by molar-refractivity contribution is 9.10. The zero-order valence-electron chi connectivity index (χ0n) is 15.4. The number of benzene rings is 2. The van der Waals surface area contributed by atoms with E-state index in [1.54, 1.807) is 13.2 Å². The maximum atomic E-state index is 12.1. The number of halogens is 1. The van der Waals surface area contributed by atoms with E-state index in [9.17, 15) is 9.59 Å². The zero-order chi connectivity index (χ0) is 19.9. The monoisotopic (exact) mass is 441 g/mol. The van der Waals surface area contributed by atoms with Gasteiger partial charge >= 0.3 is 0 Å². The van der Waals surface area contributed by atoms with Crippen molar-refractivity contribution in [3.63, 3.8) is 0 Å². The summed E-state index contributed by atoms with van der Waals surface area (Å²) in [4.78, 5) is 24.2. The first kappa shape index (κ1) is 19.8. The summed E-state index contributed by atoms with van der Waals surface area (Å²) in [6.07, 6.45) is 0.169. The maximum absolute atomic E-state index is 12.1. The number of methoxy groups -OCH3 is 1. The second-order valence-corrected chi connectivity index (χ2v) is 7.08. The Morgan fingerprint density at radius 2 is 1.96 bits per heavy atom. The van der Waals surface area contributed by atoms with Gasteiger partial charge in [0, 0.05) is 29.1 Å². The average molecular weight is 442 g/mol. The second-order valence-electron chi connectivity index (χ2n) is 6.17. The van der Waals surface area contributed by atoms with Gasteiger partial charge in [-0.3, -0.25) is 9.59 Å². The molecule has 0 fully saturated rings. The molecule has 0 unspecified atom stereocenters. The van der Waals surface area contributed by atoms with Crippen molar-refractivity contribution in [3.05, 3.63) is 81.1 Å². The third-order valence-corrected chi connectivity index (χ3v) is 4.65. The van der Waals surface area contributed by atoms with E-state index in [1.165, 1.54) is 10.7 Å². The number of aromatic nitrogens is 2. The summed E-state index contributed by atoms with van der Waals surface area (Å²) in [6.45, 7) is 0.644. The van der Waals surface area contributed by atoms with E-state index < -0.39 is 0 Å². The summed E-state index contributed by atoms with van der Waals surface area (Å²) < 4.78 is 7.50. The van der Waals surface area contributed by atoms with Crippen molar-refractivity contribution in [1.82, 2.24) is 15.1 Å². The molecular formula is C21H20BrN3O3. The molecule has 28 heavy (non-hydrogen) atoms. The van der Waals surface area contributed by atoms with Gasteiger partial charge in [-0.2, -0.15) is 5.10 Å². The van der Waals surface area contributed by atoms with Crippen LogP contribution < -0.4 is 15.6 Å². The van der Waals surface area contributed by atoms with Crippen molar-refractivity contribution in [2.24, 2.45) is 0 Å². The van der Waals surface area contributed by atoms with Crippen molar-refractivity contribution < 1.29 is 9.53 Å². The Hall–Kier alpha value is -2.93. The van der Waals surface area contributed by atoms with E-state index in [2.05, 4.69) is 26.3 Å². The fraction of sp³-hybridized carbons (Fsp3) is 0.190. The van der Waals surface area contributed by atoms with E-state index >= 15 is 0 Å². The molecule has 0 saturated heterocycles. The van der Waals surface area contributed by atoms with Gasteiger partial charge in [0.05, 0.1) is 19.3 Å². The van der Waals surface area contributed by atoms with Gasteiger partial charge in [-0.05, 0) is 35.9 Å². The van der Waals surface area contributed by atoms with Gasteiger partial charge in [0.25, 0.3) is 5.56 Å². The third kappa shape index (κ3) is 5.29. The van der Waals surface area contributed by atoms with E-state index in [0.29, 0.717) is 18.0 Å². The van der Waals surface area contributed by atoms with E-state index in [4.69, 9.17) is 4.74 Å². The van der Waals surface area contributed by atoms with Gasteiger partial charge in [0.2, 0.25) is 5.91 Å². The normalized spacial score (nSPS) is 10.5. The highest BCUT2D eigenvalue weighted by Gasteiger charge is 2.07. The summed E-state index contributed by atoms with van der Waals surface area (Å²) in [5, 5.41) is 7.24. The molecule has 3 rings (SSSR count). The van der Waals surface area contributed by atoms with Crippen LogP contribution in [0.2, 0.25) is 0 Å². The molecule has 7 heteroatoms. The van der Waals surface area contributed by atoms with Crippen LogP contribution in [0.3, 0.4) is 0 Å². The number of nitrogens with zero attached hydrogens (tertiary/aromatic N) is 2. The lowest BCUT2D eigenvalue weighted by molar-refractivity contribution is -0.121. The van der Waals surface area contributed by atoms with Crippen molar-refractivity contribution in [2.75, 3.05) is 7.11 Å². The van der Waals surface area contributed by atoms with E-state index in [0.717, 1.165) is 15.6 Å². The molecule has 1 N–H and O–H groups in total. The van der Waals surface area contributed by atoms with Gasteiger partial charge in [-0.15, -0.1) is 0 Å². The van der Waals surface area contributed by atoms with E-state index in [-0.39, 0.29) is 24.4 Å². The predicted molar refractivity (Wildman–Crippen MR) is 111 cm³/mol. The lowest BCUT2D eigenvalue weighted by atomic mass is 10.1. The Morgan fingerprint density at radius 3 is 2.75 bits per heavy atom. The van der Waals surface area contributed by atoms with Crippen molar-refractivity contribution in [1.29, 1.82) is 0 Å². The second kappa shape index (κ2) is 9.32. The fourth-order valence-corrected chi connectivity index (χ4v) is 3.14. The molecule has 1 aromatic heterocycles. The van der Waals surface area contributed by atoms with Crippen LogP contribution in [0.4, 0.5) is 0 Å². The van der Waals surface area contributed by atoms with Crippen LogP contribution in [0, 0.1) is 0 Å². The van der Waals surface area contributed by atoms with E-state index in [1.807, 2.05) is 48.5 Å². The number of ether oxygens (including phenoxy) is 1. The van der Waals surface area contributed by atoms with Gasteiger partial charge < -0.3 is 10.1 Å². The molecule has 1 heterocycles. The first-order chi connectivity index (χ1) is 13.5. The molecule has 144 valence electrons. The molecule has 0 aliphatic heterocycles. The minimum atomic E-state index is -0.244. The molecular weight excluding hydrogens is 422 g/mol. The van der Waals surface area contributed by atoms with Crippen LogP contribution in [0.5, 0.6) is 5.75 Å². The Bertz CT molecular complexity index is 1030. The summed E-state index contributed by atoms with van der Waals surface area (Å²) in [5.74, 6) is 0.574. The van der Waals surface area contributed by atoms with Gasteiger partial charge in [-0.25, -0.2) is 4.68 Å². The van der Waals surface area contributed by atoms with Crippen molar-refractivity contribution in [2.45, 2.75) is 19.5 Å². The largest absolute Gasteiger partial charge is 0.497 e. The molecule has 1 amide bonds. The third-order valence-electron chi connectivity index (χ3n) is 4.16. The fourth-order valence-electron chi connectivity index (χ4n) is 2.69. The summed E-state index contributed by atoms with van der Waals surface area (Å²) in [7, 11) is 1.60. The molecule has 0 saturated carbocycles. The van der Waals surface area contributed by atoms with Crippen molar-refractivity contribution in [3.8, 4) is 17.0 Å². The maximum Gasteiger partial charge on any atom is 0.266 e. The SMILES string of the molecule is COc1cccc(-c2ccc(=O)n(CCC(=O)NCc3cccc(Br)c3)n2)c1. The number of rotatable bonds is 7. The van der Waals surface area contributed by atoms with Crippen LogP contribution in [0.15, 0.2) is 69.9 Å². The molecule has 0 spiro atoms. The Labute approximate surface area is 171 Å². The number of nitrogens with one attached hydrogen (secondary N) is 1. The van der Waals surface area contributed by atoms with Crippen LogP contribution >= 0.6 is 15.9 Å². The lowest BCUT2D eigenvalue weighted by Gasteiger charge is -2.09. The van der Waals surface area contributed by atoms with Gasteiger partial charge in [0.15, 0.2) is 0 Å². The lowest BCUT2D eigenvalue weighted by Crippen LogP contribution is -2.28. The standard InChI is InChI=1S/C21H20BrN3O3/c1-28-18-7-3-5-16(13-18)19-8-9-21(27)25(24-19)11-10-20(26)23-14-15-4-2-6-17(22)12-15/h2-9,12-13H,10-11,14H2,1H3,(H,23,26). The minimum absolute atomic E-state index is 0.138. The van der Waals surface area contributed by atoms with Gasteiger partial charge in [0.1, 0.15) is 5.75 Å². The topological polar surface area (TPSA) is 73.2 Å². The number of aryl methyl sites for hydroxylation is 1. The number of hydrogen-bond acceptors (Lipinski definition) is 4. The van der Waals surface area contributed by atoms with Crippen LogP contribution in [-0.2, 0) is 17.9 Å². The van der Waals surface area contributed by atoms with Crippen molar-refractivity contribution >= 4 is 21.8 Å². The Balaban J connectivity index is 1.63. The quantitative estimate of drug-likeness (QED) is 0.609. The molecule has 3 aromatic rings. The van der Waals surface area contributed by atoms with Crippen LogP contribution in [0.25, 0.3) is 11.3 Å². The highest BCUT2D eigenvalue weighted by atomic mass is 79.9. The Kier molecular flexibility index (Phi) is 6.60. The first-order valence-electron chi connectivity index (χ1n) is 8.79. The molecule has 0 radical (unpaired) electrons. The minimum Gasteiger partial charge on any atom is -0.497 e. The summed E-state index contributed by atoms with van der Waals surface area (Å²) in [5.41, 5.74) is 2.24. The predicted octanol–water partition coefficient (Wildman–Crippen LogP) is 3.39. The molecule has 0 aliphatic carbocycles. The summed E-state index contributed by atoms with van der Waals surface area (Å²) in [6, 6.07) is 18.3. The number of hydrogen-bond donors (Lipinski definition) is 1. The number of carbonyl (C=O) groups is 1. The molecule has 0 bridgehead atoms. The molecule has 6 nitrogen and oxygen atoms in total. The molecule has 2 aromatic carbocycles. The molecule has 0 atom stereocenters. The molecule has 0 aliphatic rings. The average Bonchev–Trinajstić information content (AvgIpc) is 2.71.